The summed E-state index contributed by atoms with van der Waals surface area (Å²) in [4.78, 5) is 11.9. The lowest BCUT2D eigenvalue weighted by molar-refractivity contribution is -0.145. The van der Waals surface area contributed by atoms with Crippen LogP contribution < -0.4 is 0 Å². The number of ether oxygens (including phenoxy) is 1. The van der Waals surface area contributed by atoms with Crippen molar-refractivity contribution in [1.29, 1.82) is 15.8 Å². The first-order chi connectivity index (χ1) is 9.14. The Morgan fingerprint density at radius 1 is 1.16 bits per heavy atom. The Hall–Kier alpha value is -2.84. The van der Waals surface area contributed by atoms with Gasteiger partial charge >= 0.3 is 5.97 Å². The summed E-state index contributed by atoms with van der Waals surface area (Å²) in [6.45, 7) is 0. The molecule has 0 unspecified atom stereocenters. The lowest BCUT2D eigenvalue weighted by atomic mass is 9.97. The summed E-state index contributed by atoms with van der Waals surface area (Å²) in [5, 5.41) is 27.9. The molecule has 0 spiro atoms. The van der Waals surface area contributed by atoms with Crippen LogP contribution in [0, 0.1) is 44.8 Å². The van der Waals surface area contributed by atoms with Crippen LogP contribution in [0.3, 0.4) is 0 Å². The molecule has 5 heteroatoms. The highest BCUT2D eigenvalue weighted by molar-refractivity contribution is 5.91. The summed E-state index contributed by atoms with van der Waals surface area (Å²) >= 11 is 0. The molecule has 1 aromatic rings. The number of hydrogen-bond donors (Lipinski definition) is 0. The van der Waals surface area contributed by atoms with Gasteiger partial charge in [0.05, 0.1) is 31.2 Å². The predicted molar refractivity (Wildman–Crippen MR) is 62.9 cm³/mol. The molecule has 1 saturated carbocycles. The molecule has 19 heavy (non-hydrogen) atoms. The molecule has 0 heterocycles. The molecule has 0 aromatic heterocycles. The number of hydrogen-bond acceptors (Lipinski definition) is 5. The standard InChI is InChI=1S/C14H9N3O2/c1-19-12(18)14(9-17)11(13(14,7-15)8-16)10-5-3-2-4-6-10/h2-6,11H,1H3/t11-,14+/m0/s1. The molecule has 5 nitrogen and oxygen atoms in total. The highest BCUT2D eigenvalue weighted by Gasteiger charge is 2.85. The van der Waals surface area contributed by atoms with Crippen LogP contribution in [0.1, 0.15) is 11.5 Å². The van der Waals surface area contributed by atoms with Crippen molar-refractivity contribution in [3.05, 3.63) is 35.9 Å². The largest absolute Gasteiger partial charge is 0.468 e. The van der Waals surface area contributed by atoms with E-state index in [1.807, 2.05) is 18.2 Å². The maximum atomic E-state index is 11.9. The summed E-state index contributed by atoms with van der Waals surface area (Å²) < 4.78 is 4.62. The molecular formula is C14H9N3O2. The van der Waals surface area contributed by atoms with E-state index in [9.17, 15) is 20.6 Å². The molecule has 2 rings (SSSR count). The second-order valence-corrected chi connectivity index (χ2v) is 4.29. The van der Waals surface area contributed by atoms with Crippen LogP contribution in [-0.2, 0) is 9.53 Å². The van der Waals surface area contributed by atoms with Crippen LogP contribution >= 0.6 is 0 Å². The third kappa shape index (κ3) is 1.29. The fraction of sp³-hybridized carbons (Fsp3) is 0.286. The van der Waals surface area contributed by atoms with Crippen molar-refractivity contribution >= 4 is 5.97 Å². The Morgan fingerprint density at radius 3 is 2.16 bits per heavy atom. The molecule has 0 saturated heterocycles. The van der Waals surface area contributed by atoms with Gasteiger partial charge in [-0.25, -0.2) is 0 Å². The minimum atomic E-state index is -1.74. The van der Waals surface area contributed by atoms with Crippen LogP contribution in [0.5, 0.6) is 0 Å². The maximum Gasteiger partial charge on any atom is 0.329 e. The van der Waals surface area contributed by atoms with E-state index in [-0.39, 0.29) is 0 Å². The Labute approximate surface area is 110 Å². The van der Waals surface area contributed by atoms with Gasteiger partial charge in [-0.3, -0.25) is 4.79 Å². The summed E-state index contributed by atoms with van der Waals surface area (Å²) in [7, 11) is 1.14. The van der Waals surface area contributed by atoms with E-state index < -0.39 is 22.7 Å². The zero-order valence-electron chi connectivity index (χ0n) is 10.1. The Morgan fingerprint density at radius 2 is 1.74 bits per heavy atom. The fourth-order valence-electron chi connectivity index (χ4n) is 2.59. The highest BCUT2D eigenvalue weighted by atomic mass is 16.5. The molecular weight excluding hydrogens is 242 g/mol. The summed E-state index contributed by atoms with van der Waals surface area (Å²) in [5.74, 6) is -1.62. The van der Waals surface area contributed by atoms with Gasteiger partial charge in [0.1, 0.15) is 0 Å². The summed E-state index contributed by atoms with van der Waals surface area (Å²) in [5.41, 5.74) is -2.82. The van der Waals surface area contributed by atoms with E-state index in [0.29, 0.717) is 5.56 Å². The molecule has 92 valence electrons. The Kier molecular flexibility index (Phi) is 2.74. The van der Waals surface area contributed by atoms with Gasteiger partial charge in [-0.1, -0.05) is 30.3 Å². The molecule has 1 aromatic carbocycles. The third-order valence-electron chi connectivity index (χ3n) is 3.57. The minimum Gasteiger partial charge on any atom is -0.468 e. The van der Waals surface area contributed by atoms with E-state index in [2.05, 4.69) is 4.74 Å². The topological polar surface area (TPSA) is 97.7 Å². The monoisotopic (exact) mass is 251 g/mol. The van der Waals surface area contributed by atoms with Gasteiger partial charge in [0, 0.05) is 0 Å². The highest BCUT2D eigenvalue weighted by Crippen LogP contribution is 2.74. The third-order valence-corrected chi connectivity index (χ3v) is 3.57. The number of nitrogens with zero attached hydrogens (tertiary/aromatic N) is 3. The quantitative estimate of drug-likeness (QED) is 0.742. The first kappa shape index (κ1) is 12.6. The predicted octanol–water partition coefficient (Wildman–Crippen LogP) is 1.50. The summed E-state index contributed by atoms with van der Waals surface area (Å²) in [6.07, 6.45) is 0. The van der Waals surface area contributed by atoms with E-state index in [0.717, 1.165) is 7.11 Å². The van der Waals surface area contributed by atoms with E-state index in [1.54, 1.807) is 30.3 Å². The average Bonchev–Trinajstić information content (AvgIpc) is 3.11. The van der Waals surface area contributed by atoms with Crippen molar-refractivity contribution in [2.24, 2.45) is 10.8 Å². The molecule has 2 atom stereocenters. The lowest BCUT2D eigenvalue weighted by Gasteiger charge is -2.05. The van der Waals surface area contributed by atoms with E-state index in [4.69, 9.17) is 0 Å². The van der Waals surface area contributed by atoms with Crippen molar-refractivity contribution < 1.29 is 9.53 Å². The average molecular weight is 251 g/mol. The normalized spacial score (nSPS) is 26.3. The molecule has 1 aliphatic carbocycles. The van der Waals surface area contributed by atoms with Gasteiger partial charge < -0.3 is 4.74 Å². The fourth-order valence-corrected chi connectivity index (χ4v) is 2.59. The molecule has 0 radical (unpaired) electrons. The van der Waals surface area contributed by atoms with Crippen LogP contribution in [0.2, 0.25) is 0 Å². The number of esters is 1. The van der Waals surface area contributed by atoms with Crippen LogP contribution in [0.25, 0.3) is 0 Å². The number of carbonyl (C=O) groups excluding carboxylic acids is 1. The second-order valence-electron chi connectivity index (χ2n) is 4.29. The van der Waals surface area contributed by atoms with Crippen molar-refractivity contribution in [2.75, 3.05) is 7.11 Å². The Balaban J connectivity index is 2.63. The number of benzene rings is 1. The van der Waals surface area contributed by atoms with E-state index in [1.165, 1.54) is 0 Å². The number of rotatable bonds is 2. The van der Waals surface area contributed by atoms with Gasteiger partial charge in [0.25, 0.3) is 0 Å². The molecule has 0 aliphatic heterocycles. The zero-order chi connectivity index (χ0) is 14.1. The lowest BCUT2D eigenvalue weighted by Crippen LogP contribution is -2.22. The van der Waals surface area contributed by atoms with Gasteiger partial charge in [-0.2, -0.15) is 15.8 Å². The SMILES string of the molecule is COC(=O)[C@@]1(C#N)[C@@H](c2ccccc2)C1(C#N)C#N. The van der Waals surface area contributed by atoms with Crippen molar-refractivity contribution in [3.8, 4) is 18.2 Å². The zero-order valence-corrected chi connectivity index (χ0v) is 10.1. The van der Waals surface area contributed by atoms with Gasteiger partial charge in [0.15, 0.2) is 10.8 Å². The minimum absolute atomic E-state index is 0.609. The van der Waals surface area contributed by atoms with Gasteiger partial charge in [-0.15, -0.1) is 0 Å². The molecule has 0 N–H and O–H groups in total. The first-order valence-corrected chi connectivity index (χ1v) is 5.51. The molecule has 1 aliphatic rings. The maximum absolute atomic E-state index is 11.9. The Bertz CT molecular complexity index is 634. The van der Waals surface area contributed by atoms with Crippen molar-refractivity contribution in [3.63, 3.8) is 0 Å². The molecule has 0 amide bonds. The van der Waals surface area contributed by atoms with Gasteiger partial charge in [-0.05, 0) is 5.56 Å². The number of nitriles is 3. The van der Waals surface area contributed by atoms with E-state index >= 15 is 0 Å². The molecule has 1 fully saturated rings. The van der Waals surface area contributed by atoms with Crippen LogP contribution in [-0.4, -0.2) is 13.1 Å². The number of carbonyl (C=O) groups is 1. The first-order valence-electron chi connectivity index (χ1n) is 5.51. The van der Waals surface area contributed by atoms with Crippen LogP contribution in [0.15, 0.2) is 30.3 Å². The second kappa shape index (κ2) is 4.12. The van der Waals surface area contributed by atoms with Crippen molar-refractivity contribution in [2.45, 2.75) is 5.92 Å². The number of methoxy groups -OCH3 is 1. The summed E-state index contributed by atoms with van der Waals surface area (Å²) in [6, 6.07) is 14.1. The van der Waals surface area contributed by atoms with Gasteiger partial charge in [0.2, 0.25) is 0 Å². The van der Waals surface area contributed by atoms with Crippen molar-refractivity contribution in [1.82, 2.24) is 0 Å². The molecule has 0 bridgehead atoms. The smallest absolute Gasteiger partial charge is 0.329 e. The van der Waals surface area contributed by atoms with Crippen LogP contribution in [0.4, 0.5) is 0 Å².